The molecule has 0 saturated heterocycles. The Balaban J connectivity index is 2.84. The summed E-state index contributed by atoms with van der Waals surface area (Å²) in [5, 5.41) is 3.97. The zero-order valence-corrected chi connectivity index (χ0v) is 9.67. The van der Waals surface area contributed by atoms with Crippen LogP contribution in [0.15, 0.2) is 18.3 Å². The Bertz CT molecular complexity index is 271. The van der Waals surface area contributed by atoms with Gasteiger partial charge in [-0.2, -0.15) is 0 Å². The topological polar surface area (TPSA) is 24.9 Å². The van der Waals surface area contributed by atoms with Crippen LogP contribution in [0.3, 0.4) is 0 Å². The van der Waals surface area contributed by atoms with Crippen LogP contribution >= 0.6 is 11.6 Å². The molecule has 14 heavy (non-hydrogen) atoms. The first kappa shape index (κ1) is 11.5. The van der Waals surface area contributed by atoms with Crippen LogP contribution in [-0.2, 0) is 0 Å². The Labute approximate surface area is 90.7 Å². The third-order valence-corrected chi connectivity index (χ3v) is 2.82. The number of halogens is 1. The number of aromatic nitrogens is 1. The van der Waals surface area contributed by atoms with Gasteiger partial charge in [-0.1, -0.05) is 31.9 Å². The first-order chi connectivity index (χ1) is 6.69. The molecule has 1 heterocycles. The SMILES string of the molecule is CCC(C)C(NC)c1ccc(Cl)cn1. The summed E-state index contributed by atoms with van der Waals surface area (Å²) < 4.78 is 0. The first-order valence-corrected chi connectivity index (χ1v) is 5.35. The van der Waals surface area contributed by atoms with Gasteiger partial charge in [0.05, 0.1) is 16.8 Å². The molecule has 0 spiro atoms. The minimum atomic E-state index is 0.317. The Hall–Kier alpha value is -0.600. The second kappa shape index (κ2) is 5.32. The largest absolute Gasteiger partial charge is 0.311 e. The fourth-order valence-corrected chi connectivity index (χ4v) is 1.64. The van der Waals surface area contributed by atoms with E-state index < -0.39 is 0 Å². The van der Waals surface area contributed by atoms with E-state index in [4.69, 9.17) is 11.6 Å². The van der Waals surface area contributed by atoms with Crippen LogP contribution in [0.2, 0.25) is 5.02 Å². The molecule has 0 amide bonds. The van der Waals surface area contributed by atoms with E-state index >= 15 is 0 Å². The summed E-state index contributed by atoms with van der Waals surface area (Å²) in [7, 11) is 1.97. The zero-order valence-electron chi connectivity index (χ0n) is 8.92. The summed E-state index contributed by atoms with van der Waals surface area (Å²) >= 11 is 5.79. The summed E-state index contributed by atoms with van der Waals surface area (Å²) in [6.07, 6.45) is 2.83. The lowest BCUT2D eigenvalue weighted by molar-refractivity contribution is 0.393. The van der Waals surface area contributed by atoms with Crippen LogP contribution in [-0.4, -0.2) is 12.0 Å². The molecular formula is C11H17ClN2. The Morgan fingerprint density at radius 2 is 2.21 bits per heavy atom. The summed E-state index contributed by atoms with van der Waals surface area (Å²) in [6, 6.07) is 4.18. The van der Waals surface area contributed by atoms with Crippen LogP contribution in [0.5, 0.6) is 0 Å². The van der Waals surface area contributed by atoms with Crippen molar-refractivity contribution >= 4 is 11.6 Å². The van der Waals surface area contributed by atoms with Gasteiger partial charge in [0.1, 0.15) is 0 Å². The minimum absolute atomic E-state index is 0.317. The van der Waals surface area contributed by atoms with Gasteiger partial charge in [0.25, 0.3) is 0 Å². The fourth-order valence-electron chi connectivity index (χ4n) is 1.53. The standard InChI is InChI=1S/C11H17ClN2/c1-4-8(2)11(13-3)10-6-5-9(12)7-14-10/h5-8,11,13H,4H2,1-3H3. The summed E-state index contributed by atoms with van der Waals surface area (Å²) in [5.74, 6) is 0.577. The molecule has 1 N–H and O–H groups in total. The molecule has 2 unspecified atom stereocenters. The maximum absolute atomic E-state index is 5.79. The summed E-state index contributed by atoms with van der Waals surface area (Å²) in [4.78, 5) is 4.32. The van der Waals surface area contributed by atoms with Crippen molar-refractivity contribution in [2.24, 2.45) is 5.92 Å². The molecule has 0 fully saturated rings. The molecule has 0 aliphatic rings. The van der Waals surface area contributed by atoms with E-state index in [9.17, 15) is 0 Å². The predicted molar refractivity (Wildman–Crippen MR) is 60.5 cm³/mol. The third-order valence-electron chi connectivity index (χ3n) is 2.59. The highest BCUT2D eigenvalue weighted by Crippen LogP contribution is 2.22. The Morgan fingerprint density at radius 1 is 1.50 bits per heavy atom. The van der Waals surface area contributed by atoms with Gasteiger partial charge in [0, 0.05) is 6.20 Å². The van der Waals surface area contributed by atoms with Crippen LogP contribution in [0.1, 0.15) is 32.0 Å². The monoisotopic (exact) mass is 212 g/mol. The number of hydrogen-bond donors (Lipinski definition) is 1. The summed E-state index contributed by atoms with van der Waals surface area (Å²) in [6.45, 7) is 4.41. The van der Waals surface area contributed by atoms with E-state index in [0.29, 0.717) is 17.0 Å². The zero-order chi connectivity index (χ0) is 10.6. The molecule has 0 aliphatic carbocycles. The average molecular weight is 213 g/mol. The normalized spacial score (nSPS) is 15.1. The van der Waals surface area contributed by atoms with Crippen LogP contribution in [0.25, 0.3) is 0 Å². The molecule has 0 aliphatic heterocycles. The van der Waals surface area contributed by atoms with Gasteiger partial charge in [0.2, 0.25) is 0 Å². The molecule has 78 valence electrons. The van der Waals surface area contributed by atoms with E-state index in [0.717, 1.165) is 12.1 Å². The Kier molecular flexibility index (Phi) is 4.36. The van der Waals surface area contributed by atoms with Crippen LogP contribution in [0, 0.1) is 5.92 Å². The van der Waals surface area contributed by atoms with Gasteiger partial charge in [0.15, 0.2) is 0 Å². The van der Waals surface area contributed by atoms with Gasteiger partial charge in [-0.25, -0.2) is 0 Å². The van der Waals surface area contributed by atoms with E-state index in [2.05, 4.69) is 24.1 Å². The van der Waals surface area contributed by atoms with Crippen molar-refractivity contribution in [3.8, 4) is 0 Å². The maximum Gasteiger partial charge on any atom is 0.0589 e. The lowest BCUT2D eigenvalue weighted by atomic mass is 9.96. The van der Waals surface area contributed by atoms with Crippen molar-refractivity contribution in [1.29, 1.82) is 0 Å². The molecule has 2 nitrogen and oxygen atoms in total. The Morgan fingerprint density at radius 3 is 2.64 bits per heavy atom. The molecule has 0 aromatic carbocycles. The van der Waals surface area contributed by atoms with Gasteiger partial charge < -0.3 is 5.32 Å². The predicted octanol–water partition coefficient (Wildman–Crippen LogP) is 3.04. The quantitative estimate of drug-likeness (QED) is 0.830. The maximum atomic E-state index is 5.79. The van der Waals surface area contributed by atoms with Crippen molar-refractivity contribution < 1.29 is 0 Å². The van der Waals surface area contributed by atoms with Gasteiger partial charge in [-0.3, -0.25) is 4.98 Å². The van der Waals surface area contributed by atoms with Crippen molar-refractivity contribution in [2.45, 2.75) is 26.3 Å². The van der Waals surface area contributed by atoms with E-state index in [-0.39, 0.29) is 0 Å². The molecule has 1 rings (SSSR count). The van der Waals surface area contributed by atoms with Crippen molar-refractivity contribution in [1.82, 2.24) is 10.3 Å². The van der Waals surface area contributed by atoms with Gasteiger partial charge in [-0.05, 0) is 25.1 Å². The minimum Gasteiger partial charge on any atom is -0.311 e. The van der Waals surface area contributed by atoms with Crippen LogP contribution < -0.4 is 5.32 Å². The lowest BCUT2D eigenvalue weighted by Gasteiger charge is -2.21. The van der Waals surface area contributed by atoms with Crippen molar-refractivity contribution in [3.05, 3.63) is 29.0 Å². The van der Waals surface area contributed by atoms with Gasteiger partial charge >= 0.3 is 0 Å². The van der Waals surface area contributed by atoms with E-state index in [1.165, 1.54) is 0 Å². The fraction of sp³-hybridized carbons (Fsp3) is 0.545. The number of nitrogens with zero attached hydrogens (tertiary/aromatic N) is 1. The van der Waals surface area contributed by atoms with E-state index in [1.807, 2.05) is 19.2 Å². The van der Waals surface area contributed by atoms with E-state index in [1.54, 1.807) is 6.20 Å². The molecule has 0 saturated carbocycles. The molecule has 0 radical (unpaired) electrons. The second-order valence-electron chi connectivity index (χ2n) is 3.55. The second-order valence-corrected chi connectivity index (χ2v) is 3.99. The summed E-state index contributed by atoms with van der Waals surface area (Å²) in [5.41, 5.74) is 1.06. The average Bonchev–Trinajstić information content (AvgIpc) is 2.21. The lowest BCUT2D eigenvalue weighted by Crippen LogP contribution is -2.23. The highest BCUT2D eigenvalue weighted by Gasteiger charge is 2.16. The van der Waals surface area contributed by atoms with Crippen molar-refractivity contribution in [3.63, 3.8) is 0 Å². The number of hydrogen-bond acceptors (Lipinski definition) is 2. The number of rotatable bonds is 4. The number of nitrogens with one attached hydrogen (secondary N) is 1. The molecular weight excluding hydrogens is 196 g/mol. The molecule has 1 aromatic heterocycles. The third kappa shape index (κ3) is 2.69. The smallest absolute Gasteiger partial charge is 0.0589 e. The molecule has 0 bridgehead atoms. The highest BCUT2D eigenvalue weighted by molar-refractivity contribution is 6.30. The van der Waals surface area contributed by atoms with Gasteiger partial charge in [-0.15, -0.1) is 0 Å². The number of pyridine rings is 1. The highest BCUT2D eigenvalue weighted by atomic mass is 35.5. The molecule has 2 atom stereocenters. The first-order valence-electron chi connectivity index (χ1n) is 4.97. The van der Waals surface area contributed by atoms with Crippen LogP contribution in [0.4, 0.5) is 0 Å². The van der Waals surface area contributed by atoms with Crippen molar-refractivity contribution in [2.75, 3.05) is 7.05 Å². The molecule has 1 aromatic rings. The molecule has 3 heteroatoms.